The highest BCUT2D eigenvalue weighted by Crippen LogP contribution is 2.36. The molecule has 144 valence electrons. The Kier molecular flexibility index (Phi) is 5.49. The standard InChI is InChI=1S/C20H16Cl3N3O2/c1-12-20(26-7-6-24-11-26)19(16-5-4-15(22)9-18(16)28-12)25-27-10-13-2-3-14(21)8-17(13)23/h2-9,11-12,20H,10H2,1H3/b25-19-/t12-,20-/m0/s1. The van der Waals surface area contributed by atoms with Gasteiger partial charge in [-0.25, -0.2) is 4.98 Å². The van der Waals surface area contributed by atoms with Crippen molar-refractivity contribution in [2.75, 3.05) is 0 Å². The summed E-state index contributed by atoms with van der Waals surface area (Å²) in [5, 5.41) is 6.16. The van der Waals surface area contributed by atoms with Gasteiger partial charge < -0.3 is 14.1 Å². The Morgan fingerprint density at radius 3 is 2.68 bits per heavy atom. The van der Waals surface area contributed by atoms with Crippen molar-refractivity contribution in [1.82, 2.24) is 9.55 Å². The number of halogens is 3. The van der Waals surface area contributed by atoms with Gasteiger partial charge in [-0.05, 0) is 37.3 Å². The van der Waals surface area contributed by atoms with Crippen LogP contribution in [0.15, 0.2) is 60.3 Å². The van der Waals surface area contributed by atoms with Crippen LogP contribution in [0, 0.1) is 0 Å². The van der Waals surface area contributed by atoms with Crippen LogP contribution >= 0.6 is 34.8 Å². The highest BCUT2D eigenvalue weighted by atomic mass is 35.5. The van der Waals surface area contributed by atoms with Crippen molar-refractivity contribution < 1.29 is 9.57 Å². The van der Waals surface area contributed by atoms with E-state index in [4.69, 9.17) is 44.4 Å². The zero-order valence-corrected chi connectivity index (χ0v) is 17.1. The molecule has 0 saturated carbocycles. The van der Waals surface area contributed by atoms with E-state index in [1.807, 2.05) is 29.8 Å². The smallest absolute Gasteiger partial charge is 0.143 e. The summed E-state index contributed by atoms with van der Waals surface area (Å²) in [4.78, 5) is 9.83. The van der Waals surface area contributed by atoms with Crippen molar-refractivity contribution >= 4 is 40.5 Å². The van der Waals surface area contributed by atoms with Crippen molar-refractivity contribution in [3.05, 3.63) is 81.3 Å². The molecule has 0 spiro atoms. The third-order valence-corrected chi connectivity index (χ3v) is 5.32. The van der Waals surface area contributed by atoms with E-state index in [-0.39, 0.29) is 18.8 Å². The van der Waals surface area contributed by atoms with E-state index < -0.39 is 0 Å². The minimum Gasteiger partial charge on any atom is -0.487 e. The highest BCUT2D eigenvalue weighted by Gasteiger charge is 2.35. The van der Waals surface area contributed by atoms with Crippen molar-refractivity contribution in [3.8, 4) is 5.75 Å². The van der Waals surface area contributed by atoms with Gasteiger partial charge in [-0.15, -0.1) is 0 Å². The number of rotatable bonds is 4. The van der Waals surface area contributed by atoms with Crippen LogP contribution in [-0.2, 0) is 11.4 Å². The molecule has 0 amide bonds. The molecule has 0 N–H and O–H groups in total. The fourth-order valence-corrected chi connectivity index (χ4v) is 3.81. The molecule has 1 aliphatic rings. The van der Waals surface area contributed by atoms with Gasteiger partial charge in [0.25, 0.3) is 0 Å². The molecule has 4 rings (SSSR count). The van der Waals surface area contributed by atoms with Crippen molar-refractivity contribution in [1.29, 1.82) is 0 Å². The molecule has 0 unspecified atom stereocenters. The first-order valence-corrected chi connectivity index (χ1v) is 9.74. The van der Waals surface area contributed by atoms with Gasteiger partial charge in [-0.1, -0.05) is 46.0 Å². The van der Waals surface area contributed by atoms with Gasteiger partial charge in [0.05, 0.1) is 6.33 Å². The molecule has 0 radical (unpaired) electrons. The molecule has 0 aliphatic carbocycles. The molecule has 2 atom stereocenters. The van der Waals surface area contributed by atoms with Gasteiger partial charge in [0.15, 0.2) is 0 Å². The minimum absolute atomic E-state index is 0.193. The van der Waals surface area contributed by atoms with Crippen molar-refractivity contribution in [2.24, 2.45) is 5.16 Å². The third kappa shape index (κ3) is 3.83. The lowest BCUT2D eigenvalue weighted by molar-refractivity contribution is 0.122. The molecule has 0 fully saturated rings. The lowest BCUT2D eigenvalue weighted by Crippen LogP contribution is -2.37. The molecule has 5 nitrogen and oxygen atoms in total. The lowest BCUT2D eigenvalue weighted by atomic mass is 9.95. The number of hydrogen-bond donors (Lipinski definition) is 0. The molecule has 8 heteroatoms. The summed E-state index contributed by atoms with van der Waals surface area (Å²) in [6.45, 7) is 2.19. The molecule has 1 aromatic heterocycles. The fourth-order valence-electron chi connectivity index (χ4n) is 3.18. The Labute approximate surface area is 177 Å². The van der Waals surface area contributed by atoms with Crippen molar-refractivity contribution in [2.45, 2.75) is 25.7 Å². The summed E-state index contributed by atoms with van der Waals surface area (Å²) in [7, 11) is 0. The number of benzene rings is 2. The second-order valence-electron chi connectivity index (χ2n) is 6.40. The summed E-state index contributed by atoms with van der Waals surface area (Å²) in [6, 6.07) is 10.5. The van der Waals surface area contributed by atoms with Crippen LogP contribution in [0.4, 0.5) is 0 Å². The van der Waals surface area contributed by atoms with Gasteiger partial charge in [0, 0.05) is 38.6 Å². The van der Waals surface area contributed by atoms with Crippen LogP contribution < -0.4 is 4.74 Å². The second-order valence-corrected chi connectivity index (χ2v) is 7.68. The summed E-state index contributed by atoms with van der Waals surface area (Å²) in [5.41, 5.74) is 2.35. The van der Waals surface area contributed by atoms with E-state index in [2.05, 4.69) is 10.1 Å². The molecule has 1 aliphatic heterocycles. The SMILES string of the molecule is C[C@@H]1Oc2cc(Cl)ccc2/C(=N/OCc2ccc(Cl)cc2Cl)[C@H]1n1ccnc1. The molecule has 28 heavy (non-hydrogen) atoms. The first kappa shape index (κ1) is 19.1. The van der Waals surface area contributed by atoms with Crippen LogP contribution in [0.25, 0.3) is 0 Å². The van der Waals surface area contributed by atoms with E-state index in [1.54, 1.807) is 36.8 Å². The van der Waals surface area contributed by atoms with Crippen LogP contribution in [0.2, 0.25) is 15.1 Å². The molecule has 0 saturated heterocycles. The van der Waals surface area contributed by atoms with E-state index in [1.165, 1.54) is 0 Å². The molecular formula is C20H16Cl3N3O2. The first-order chi connectivity index (χ1) is 13.5. The zero-order chi connectivity index (χ0) is 19.7. The fraction of sp³-hybridized carbons (Fsp3) is 0.200. The normalized spacial score (nSPS) is 19.9. The number of imidazole rings is 1. The zero-order valence-electron chi connectivity index (χ0n) is 14.8. The van der Waals surface area contributed by atoms with Gasteiger partial charge in [0.1, 0.15) is 30.2 Å². The van der Waals surface area contributed by atoms with Gasteiger partial charge in [0.2, 0.25) is 0 Å². The summed E-state index contributed by atoms with van der Waals surface area (Å²) in [6.07, 6.45) is 5.13. The third-order valence-electron chi connectivity index (χ3n) is 4.50. The summed E-state index contributed by atoms with van der Waals surface area (Å²) >= 11 is 18.3. The minimum atomic E-state index is -0.197. The van der Waals surface area contributed by atoms with Crippen LogP contribution in [0.3, 0.4) is 0 Å². The average Bonchev–Trinajstić information content (AvgIpc) is 3.17. The Morgan fingerprint density at radius 2 is 1.93 bits per heavy atom. The monoisotopic (exact) mass is 435 g/mol. The van der Waals surface area contributed by atoms with Crippen LogP contribution in [0.1, 0.15) is 24.1 Å². The molecule has 0 bridgehead atoms. The highest BCUT2D eigenvalue weighted by molar-refractivity contribution is 6.35. The molecule has 3 aromatic rings. The Bertz CT molecular complexity index is 1020. The van der Waals surface area contributed by atoms with Crippen LogP contribution in [0.5, 0.6) is 5.75 Å². The van der Waals surface area contributed by atoms with Gasteiger partial charge >= 0.3 is 0 Å². The molecular weight excluding hydrogens is 421 g/mol. The van der Waals surface area contributed by atoms with E-state index in [0.29, 0.717) is 20.8 Å². The Morgan fingerprint density at radius 1 is 1.14 bits per heavy atom. The molecule has 2 heterocycles. The van der Waals surface area contributed by atoms with E-state index in [9.17, 15) is 0 Å². The Balaban J connectivity index is 1.68. The van der Waals surface area contributed by atoms with E-state index >= 15 is 0 Å². The second kappa shape index (κ2) is 8.03. The number of oxime groups is 1. The number of hydrogen-bond acceptors (Lipinski definition) is 4. The maximum Gasteiger partial charge on any atom is 0.143 e. The number of ether oxygens (including phenoxy) is 1. The largest absolute Gasteiger partial charge is 0.487 e. The topological polar surface area (TPSA) is 48.6 Å². The number of nitrogens with zero attached hydrogens (tertiary/aromatic N) is 3. The number of aromatic nitrogens is 2. The summed E-state index contributed by atoms with van der Waals surface area (Å²) < 4.78 is 8.02. The van der Waals surface area contributed by atoms with Gasteiger partial charge in [-0.2, -0.15) is 0 Å². The van der Waals surface area contributed by atoms with Crippen molar-refractivity contribution in [3.63, 3.8) is 0 Å². The quantitative estimate of drug-likeness (QED) is 0.487. The predicted octanol–water partition coefficient (Wildman–Crippen LogP) is 5.79. The van der Waals surface area contributed by atoms with Crippen LogP contribution in [-0.4, -0.2) is 21.4 Å². The van der Waals surface area contributed by atoms with Gasteiger partial charge in [-0.3, -0.25) is 0 Å². The predicted molar refractivity (Wildman–Crippen MR) is 111 cm³/mol. The first-order valence-electron chi connectivity index (χ1n) is 8.60. The van der Waals surface area contributed by atoms with E-state index in [0.717, 1.165) is 16.8 Å². The number of fused-ring (bicyclic) bond motifs is 1. The molecule has 2 aromatic carbocycles. The maximum atomic E-state index is 6.22. The maximum absolute atomic E-state index is 6.22. The average molecular weight is 437 g/mol. The summed E-state index contributed by atoms with van der Waals surface area (Å²) in [5.74, 6) is 0.670. The lowest BCUT2D eigenvalue weighted by Gasteiger charge is -2.33. The Hall–Kier alpha value is -2.21.